The standard InChI is InChI=1S/C14H12Cl4N2O3/c1-7-10(12(21)23-6-14(16,17)18)11(20-13(22)19-7)8-2-4-9(15)5-3-8/h2-5,11H,6H2,1H3,(H2,19,20,22)/t11-/m0/s1. The van der Waals surface area contributed by atoms with Crippen LogP contribution in [-0.4, -0.2) is 22.4 Å². The van der Waals surface area contributed by atoms with Crippen LogP contribution in [0.2, 0.25) is 5.02 Å². The summed E-state index contributed by atoms with van der Waals surface area (Å²) in [5.74, 6) is -0.693. The first kappa shape index (κ1) is 18.2. The summed E-state index contributed by atoms with van der Waals surface area (Å²) in [6.07, 6.45) is 0. The summed E-state index contributed by atoms with van der Waals surface area (Å²) >= 11 is 22.6. The molecule has 5 nitrogen and oxygen atoms in total. The van der Waals surface area contributed by atoms with Gasteiger partial charge in [0.15, 0.2) is 0 Å². The smallest absolute Gasteiger partial charge is 0.338 e. The highest BCUT2D eigenvalue weighted by Gasteiger charge is 2.33. The lowest BCUT2D eigenvalue weighted by molar-refractivity contribution is -0.139. The van der Waals surface area contributed by atoms with Crippen molar-refractivity contribution in [2.24, 2.45) is 0 Å². The van der Waals surface area contributed by atoms with E-state index in [1.807, 2.05) is 0 Å². The van der Waals surface area contributed by atoms with Gasteiger partial charge in [-0.1, -0.05) is 58.5 Å². The molecule has 1 aromatic carbocycles. The van der Waals surface area contributed by atoms with Crippen LogP contribution < -0.4 is 10.6 Å². The van der Waals surface area contributed by atoms with Crippen LogP contribution in [0.1, 0.15) is 18.5 Å². The highest BCUT2D eigenvalue weighted by molar-refractivity contribution is 6.67. The van der Waals surface area contributed by atoms with Crippen molar-refractivity contribution < 1.29 is 14.3 Å². The number of allylic oxidation sites excluding steroid dienone is 1. The summed E-state index contributed by atoms with van der Waals surface area (Å²) in [5.41, 5.74) is 1.26. The van der Waals surface area contributed by atoms with Crippen molar-refractivity contribution in [1.29, 1.82) is 0 Å². The van der Waals surface area contributed by atoms with E-state index in [1.165, 1.54) is 0 Å². The molecule has 124 valence electrons. The molecule has 2 rings (SSSR count). The fourth-order valence-electron chi connectivity index (χ4n) is 2.09. The number of halogens is 4. The normalized spacial score (nSPS) is 18.3. The van der Waals surface area contributed by atoms with Crippen molar-refractivity contribution >= 4 is 58.4 Å². The molecule has 0 aromatic heterocycles. The molecule has 0 bridgehead atoms. The molecule has 0 fully saturated rings. The third-order valence-electron chi connectivity index (χ3n) is 3.06. The van der Waals surface area contributed by atoms with Crippen molar-refractivity contribution in [1.82, 2.24) is 10.6 Å². The molecule has 0 aliphatic carbocycles. The third kappa shape index (κ3) is 4.91. The van der Waals surface area contributed by atoms with Gasteiger partial charge in [0.2, 0.25) is 3.79 Å². The van der Waals surface area contributed by atoms with E-state index in [4.69, 9.17) is 51.1 Å². The van der Waals surface area contributed by atoms with Gasteiger partial charge in [-0.2, -0.15) is 0 Å². The summed E-state index contributed by atoms with van der Waals surface area (Å²) in [6.45, 7) is 1.18. The zero-order chi connectivity index (χ0) is 17.2. The Morgan fingerprint density at radius 3 is 2.43 bits per heavy atom. The van der Waals surface area contributed by atoms with Crippen molar-refractivity contribution in [2.45, 2.75) is 16.8 Å². The summed E-state index contributed by atoms with van der Waals surface area (Å²) in [5, 5.41) is 5.72. The summed E-state index contributed by atoms with van der Waals surface area (Å²) < 4.78 is 3.30. The number of amides is 2. The predicted octanol–water partition coefficient (Wildman–Crippen LogP) is 3.88. The van der Waals surface area contributed by atoms with Crippen molar-refractivity contribution in [3.8, 4) is 0 Å². The fourth-order valence-corrected chi connectivity index (χ4v) is 2.38. The number of nitrogens with one attached hydrogen (secondary N) is 2. The SMILES string of the molecule is CC1=C(C(=O)OCC(Cl)(Cl)Cl)[C@H](c2ccc(Cl)cc2)NC(=O)N1. The molecule has 2 amide bonds. The van der Waals surface area contributed by atoms with E-state index in [1.54, 1.807) is 31.2 Å². The topological polar surface area (TPSA) is 67.4 Å². The van der Waals surface area contributed by atoms with E-state index in [-0.39, 0.29) is 5.57 Å². The van der Waals surface area contributed by atoms with Crippen LogP contribution in [0.5, 0.6) is 0 Å². The first-order valence-corrected chi connectivity index (χ1v) is 7.96. The summed E-state index contributed by atoms with van der Waals surface area (Å²) in [6, 6.07) is 5.60. The van der Waals surface area contributed by atoms with Gasteiger partial charge in [0.1, 0.15) is 6.61 Å². The predicted molar refractivity (Wildman–Crippen MR) is 89.8 cm³/mol. The number of hydrogen-bond donors (Lipinski definition) is 2. The molecule has 2 N–H and O–H groups in total. The van der Waals surface area contributed by atoms with Gasteiger partial charge in [-0.15, -0.1) is 0 Å². The molecule has 23 heavy (non-hydrogen) atoms. The van der Waals surface area contributed by atoms with Crippen LogP contribution in [0.15, 0.2) is 35.5 Å². The maximum atomic E-state index is 12.3. The zero-order valence-corrected chi connectivity index (χ0v) is 14.9. The maximum absolute atomic E-state index is 12.3. The largest absolute Gasteiger partial charge is 0.458 e. The number of ether oxygens (including phenoxy) is 1. The second kappa shape index (κ2) is 7.18. The van der Waals surface area contributed by atoms with E-state index < -0.39 is 28.4 Å². The minimum Gasteiger partial charge on any atom is -0.458 e. The van der Waals surface area contributed by atoms with Crippen LogP contribution in [-0.2, 0) is 9.53 Å². The second-order valence-corrected chi connectivity index (χ2v) is 7.77. The maximum Gasteiger partial charge on any atom is 0.338 e. The fraction of sp³-hybridized carbons (Fsp3) is 0.286. The molecule has 0 unspecified atom stereocenters. The van der Waals surface area contributed by atoms with Gasteiger partial charge >= 0.3 is 12.0 Å². The van der Waals surface area contributed by atoms with Gasteiger partial charge in [-0.05, 0) is 24.6 Å². The quantitative estimate of drug-likeness (QED) is 0.600. The van der Waals surface area contributed by atoms with Crippen LogP contribution in [0.25, 0.3) is 0 Å². The minimum absolute atomic E-state index is 0.223. The minimum atomic E-state index is -1.72. The zero-order valence-electron chi connectivity index (χ0n) is 11.8. The molecule has 1 aliphatic rings. The lowest BCUT2D eigenvalue weighted by Gasteiger charge is -2.28. The molecule has 1 heterocycles. The molecule has 1 aromatic rings. The molecule has 0 saturated carbocycles. The average Bonchev–Trinajstić information content (AvgIpc) is 2.44. The Bertz CT molecular complexity index is 653. The number of carbonyl (C=O) groups is 2. The van der Waals surface area contributed by atoms with Crippen molar-refractivity contribution in [2.75, 3.05) is 6.61 Å². The number of alkyl halides is 3. The molecule has 9 heteroatoms. The summed E-state index contributed by atoms with van der Waals surface area (Å²) in [7, 11) is 0. The van der Waals surface area contributed by atoms with Gasteiger partial charge in [0, 0.05) is 10.7 Å². The van der Waals surface area contributed by atoms with Crippen LogP contribution >= 0.6 is 46.4 Å². The Labute approximate surface area is 152 Å². The number of urea groups is 1. The summed E-state index contributed by atoms with van der Waals surface area (Å²) in [4.78, 5) is 24.1. The number of rotatable bonds is 3. The Kier molecular flexibility index (Phi) is 5.68. The average molecular weight is 398 g/mol. The van der Waals surface area contributed by atoms with E-state index in [9.17, 15) is 9.59 Å². The molecular weight excluding hydrogens is 386 g/mol. The Morgan fingerprint density at radius 1 is 1.26 bits per heavy atom. The van der Waals surface area contributed by atoms with Crippen LogP contribution in [0.3, 0.4) is 0 Å². The lowest BCUT2D eigenvalue weighted by atomic mass is 9.96. The Balaban J connectivity index is 2.31. The monoisotopic (exact) mass is 396 g/mol. The van der Waals surface area contributed by atoms with Gasteiger partial charge in [-0.3, -0.25) is 0 Å². The number of benzene rings is 1. The van der Waals surface area contributed by atoms with E-state index in [0.717, 1.165) is 0 Å². The first-order chi connectivity index (χ1) is 10.7. The molecule has 0 spiro atoms. The molecule has 0 saturated heterocycles. The number of hydrogen-bond acceptors (Lipinski definition) is 3. The molecule has 0 radical (unpaired) electrons. The van der Waals surface area contributed by atoms with Gasteiger partial charge in [-0.25, -0.2) is 9.59 Å². The number of esters is 1. The Morgan fingerprint density at radius 2 is 1.87 bits per heavy atom. The van der Waals surface area contributed by atoms with Gasteiger partial charge in [0.05, 0.1) is 11.6 Å². The molecule has 1 atom stereocenters. The molecule has 1 aliphatic heterocycles. The molecular formula is C14H12Cl4N2O3. The first-order valence-electron chi connectivity index (χ1n) is 6.45. The van der Waals surface area contributed by atoms with E-state index in [0.29, 0.717) is 16.3 Å². The Hall–Kier alpha value is -1.14. The van der Waals surface area contributed by atoms with Crippen LogP contribution in [0.4, 0.5) is 4.79 Å². The highest BCUT2D eigenvalue weighted by atomic mass is 35.6. The van der Waals surface area contributed by atoms with Gasteiger partial charge < -0.3 is 15.4 Å². The van der Waals surface area contributed by atoms with Crippen molar-refractivity contribution in [3.63, 3.8) is 0 Å². The van der Waals surface area contributed by atoms with E-state index in [2.05, 4.69) is 10.6 Å². The highest BCUT2D eigenvalue weighted by Crippen LogP contribution is 2.30. The van der Waals surface area contributed by atoms with E-state index >= 15 is 0 Å². The van der Waals surface area contributed by atoms with Crippen LogP contribution in [0, 0.1) is 0 Å². The number of carbonyl (C=O) groups excluding carboxylic acids is 2. The van der Waals surface area contributed by atoms with Crippen molar-refractivity contribution in [3.05, 3.63) is 46.1 Å². The lowest BCUT2D eigenvalue weighted by Crippen LogP contribution is -2.45. The van der Waals surface area contributed by atoms with Gasteiger partial charge in [0.25, 0.3) is 0 Å². The third-order valence-corrected chi connectivity index (χ3v) is 3.64. The second-order valence-electron chi connectivity index (χ2n) is 4.81.